The Morgan fingerprint density at radius 2 is 1.77 bits per heavy atom. The normalized spacial score (nSPS) is 18.7. The number of hydrogen-bond acceptors (Lipinski definition) is 6. The van der Waals surface area contributed by atoms with Crippen LogP contribution in [0.15, 0.2) is 30.3 Å². The fraction of sp³-hybridized carbons (Fsp3) is 0.542. The van der Waals surface area contributed by atoms with Crippen molar-refractivity contribution in [2.45, 2.75) is 70.1 Å². The molecular weight excluding hydrogens is 456 g/mol. The SMILES string of the molecule is CCC(C)C(NC(=O)C(N)Cc1ccccc1)C(=O)N1CCCC1C(=O)NC(CC(=O)O)C(=O)O. The highest BCUT2D eigenvalue weighted by Crippen LogP contribution is 2.22. The molecule has 192 valence electrons. The van der Waals surface area contributed by atoms with Gasteiger partial charge in [0.25, 0.3) is 0 Å². The fourth-order valence-corrected chi connectivity index (χ4v) is 4.03. The minimum absolute atomic E-state index is 0.251. The number of hydrogen-bond donors (Lipinski definition) is 5. The van der Waals surface area contributed by atoms with Gasteiger partial charge in [-0.15, -0.1) is 0 Å². The average Bonchev–Trinajstić information content (AvgIpc) is 3.31. The molecule has 1 saturated heterocycles. The molecule has 11 heteroatoms. The van der Waals surface area contributed by atoms with E-state index < -0.39 is 60.2 Å². The predicted octanol–water partition coefficient (Wildman–Crippen LogP) is 0.122. The highest BCUT2D eigenvalue weighted by molar-refractivity contribution is 5.95. The van der Waals surface area contributed by atoms with E-state index >= 15 is 0 Å². The summed E-state index contributed by atoms with van der Waals surface area (Å²) in [5, 5.41) is 23.1. The van der Waals surface area contributed by atoms with E-state index in [4.69, 9.17) is 10.8 Å². The molecule has 11 nitrogen and oxygen atoms in total. The molecular formula is C24H34N4O7. The van der Waals surface area contributed by atoms with E-state index in [-0.39, 0.29) is 12.5 Å². The number of carbonyl (C=O) groups excluding carboxylic acids is 3. The quantitative estimate of drug-likeness (QED) is 0.274. The van der Waals surface area contributed by atoms with Gasteiger partial charge in [-0.2, -0.15) is 0 Å². The molecule has 2 rings (SSSR count). The summed E-state index contributed by atoms with van der Waals surface area (Å²) >= 11 is 0. The van der Waals surface area contributed by atoms with Crippen molar-refractivity contribution in [1.29, 1.82) is 0 Å². The van der Waals surface area contributed by atoms with Crippen molar-refractivity contribution in [1.82, 2.24) is 15.5 Å². The van der Waals surface area contributed by atoms with E-state index in [0.29, 0.717) is 25.7 Å². The summed E-state index contributed by atoms with van der Waals surface area (Å²) in [6.07, 6.45) is 0.894. The zero-order valence-electron chi connectivity index (χ0n) is 20.0. The van der Waals surface area contributed by atoms with Crippen molar-refractivity contribution in [2.75, 3.05) is 6.54 Å². The van der Waals surface area contributed by atoms with Gasteiger partial charge in [0.15, 0.2) is 0 Å². The molecule has 0 saturated carbocycles. The Bertz CT molecular complexity index is 924. The largest absolute Gasteiger partial charge is 0.481 e. The number of nitrogens with zero attached hydrogens (tertiary/aromatic N) is 1. The second kappa shape index (κ2) is 12.8. The van der Waals surface area contributed by atoms with Crippen LogP contribution in [0.2, 0.25) is 0 Å². The molecule has 0 aromatic heterocycles. The lowest BCUT2D eigenvalue weighted by atomic mass is 9.96. The maximum absolute atomic E-state index is 13.5. The lowest BCUT2D eigenvalue weighted by Crippen LogP contribution is -2.58. The van der Waals surface area contributed by atoms with E-state index in [9.17, 15) is 29.1 Å². The number of amides is 3. The molecule has 1 aliphatic heterocycles. The van der Waals surface area contributed by atoms with Crippen LogP contribution >= 0.6 is 0 Å². The van der Waals surface area contributed by atoms with Crippen molar-refractivity contribution in [2.24, 2.45) is 11.7 Å². The summed E-state index contributed by atoms with van der Waals surface area (Å²) in [6, 6.07) is 4.89. The van der Waals surface area contributed by atoms with Crippen LogP contribution in [-0.4, -0.2) is 75.5 Å². The van der Waals surface area contributed by atoms with Gasteiger partial charge in [0.1, 0.15) is 18.1 Å². The first kappa shape index (κ1) is 27.8. The maximum Gasteiger partial charge on any atom is 0.326 e. The van der Waals surface area contributed by atoms with Crippen molar-refractivity contribution in [3.05, 3.63) is 35.9 Å². The Balaban J connectivity index is 2.12. The number of carbonyl (C=O) groups is 5. The Hall–Kier alpha value is -3.47. The minimum atomic E-state index is -1.61. The molecule has 6 N–H and O–H groups in total. The average molecular weight is 491 g/mol. The van der Waals surface area contributed by atoms with E-state index in [0.717, 1.165) is 5.56 Å². The number of aliphatic carboxylic acids is 2. The third-order valence-corrected chi connectivity index (χ3v) is 6.24. The van der Waals surface area contributed by atoms with E-state index in [1.807, 2.05) is 44.2 Å². The Labute approximate surface area is 204 Å². The molecule has 1 aromatic rings. The van der Waals surface area contributed by atoms with Crippen LogP contribution in [0.5, 0.6) is 0 Å². The number of rotatable bonds is 12. The third kappa shape index (κ3) is 7.78. The van der Waals surface area contributed by atoms with E-state index in [1.54, 1.807) is 0 Å². The molecule has 5 atom stereocenters. The van der Waals surface area contributed by atoms with Gasteiger partial charge < -0.3 is 31.5 Å². The Morgan fingerprint density at radius 1 is 1.11 bits per heavy atom. The third-order valence-electron chi connectivity index (χ3n) is 6.24. The van der Waals surface area contributed by atoms with Crippen molar-refractivity contribution in [3.63, 3.8) is 0 Å². The Morgan fingerprint density at radius 3 is 2.34 bits per heavy atom. The van der Waals surface area contributed by atoms with E-state index in [2.05, 4.69) is 10.6 Å². The first-order valence-electron chi connectivity index (χ1n) is 11.7. The highest BCUT2D eigenvalue weighted by Gasteiger charge is 2.40. The maximum atomic E-state index is 13.5. The zero-order chi connectivity index (χ0) is 26.1. The summed E-state index contributed by atoms with van der Waals surface area (Å²) in [7, 11) is 0. The molecule has 5 unspecified atom stereocenters. The molecule has 0 aliphatic carbocycles. The minimum Gasteiger partial charge on any atom is -0.481 e. The van der Waals surface area contributed by atoms with Gasteiger partial charge in [0.05, 0.1) is 12.5 Å². The van der Waals surface area contributed by atoms with Crippen LogP contribution in [0.3, 0.4) is 0 Å². The summed E-state index contributed by atoms with van der Waals surface area (Å²) in [4.78, 5) is 62.7. The van der Waals surface area contributed by atoms with E-state index in [1.165, 1.54) is 4.90 Å². The van der Waals surface area contributed by atoms with Gasteiger partial charge in [0, 0.05) is 6.54 Å². The van der Waals surface area contributed by atoms with Crippen molar-refractivity contribution < 1.29 is 34.2 Å². The van der Waals surface area contributed by atoms with Crippen molar-refractivity contribution >= 4 is 29.7 Å². The number of benzene rings is 1. The van der Waals surface area contributed by atoms with Gasteiger partial charge in [-0.1, -0.05) is 50.6 Å². The van der Waals surface area contributed by atoms with Gasteiger partial charge >= 0.3 is 11.9 Å². The lowest BCUT2D eigenvalue weighted by Gasteiger charge is -2.32. The number of likely N-dealkylation sites (tertiary alicyclic amines) is 1. The molecule has 0 spiro atoms. The van der Waals surface area contributed by atoms with Gasteiger partial charge in [-0.05, 0) is 30.7 Å². The van der Waals surface area contributed by atoms with Crippen LogP contribution in [0.4, 0.5) is 0 Å². The number of nitrogens with one attached hydrogen (secondary N) is 2. The zero-order valence-corrected chi connectivity index (χ0v) is 20.0. The molecule has 0 radical (unpaired) electrons. The van der Waals surface area contributed by atoms with Gasteiger partial charge in [0.2, 0.25) is 17.7 Å². The lowest BCUT2D eigenvalue weighted by molar-refractivity contribution is -0.148. The highest BCUT2D eigenvalue weighted by atomic mass is 16.4. The first-order valence-corrected chi connectivity index (χ1v) is 11.7. The predicted molar refractivity (Wildman–Crippen MR) is 126 cm³/mol. The number of carboxylic acid groups (broad SMARTS) is 2. The summed E-state index contributed by atoms with van der Waals surface area (Å²) in [6.45, 7) is 3.94. The second-order valence-corrected chi connectivity index (χ2v) is 8.85. The monoisotopic (exact) mass is 490 g/mol. The molecule has 3 amide bonds. The molecule has 0 bridgehead atoms. The molecule has 1 aliphatic rings. The van der Waals surface area contributed by atoms with Crippen LogP contribution in [-0.2, 0) is 30.4 Å². The first-order chi connectivity index (χ1) is 16.5. The fourth-order valence-electron chi connectivity index (χ4n) is 4.03. The summed E-state index contributed by atoms with van der Waals surface area (Å²) in [5.41, 5.74) is 6.97. The number of nitrogens with two attached hydrogens (primary N) is 1. The van der Waals surface area contributed by atoms with Crippen molar-refractivity contribution in [3.8, 4) is 0 Å². The van der Waals surface area contributed by atoms with Gasteiger partial charge in [-0.3, -0.25) is 19.2 Å². The number of carboxylic acids is 2. The molecule has 35 heavy (non-hydrogen) atoms. The summed E-state index contributed by atoms with van der Waals surface area (Å²) in [5.74, 6) is -4.78. The molecule has 1 heterocycles. The van der Waals surface area contributed by atoms with Gasteiger partial charge in [-0.25, -0.2) is 4.79 Å². The van der Waals surface area contributed by atoms with Crippen LogP contribution < -0.4 is 16.4 Å². The topological polar surface area (TPSA) is 179 Å². The molecule has 1 aromatic carbocycles. The Kier molecular flexibility index (Phi) is 10.2. The molecule has 1 fully saturated rings. The van der Waals surface area contributed by atoms with Crippen LogP contribution in [0, 0.1) is 5.92 Å². The summed E-state index contributed by atoms with van der Waals surface area (Å²) < 4.78 is 0. The standard InChI is InChI=1S/C24H34N4O7/c1-3-14(2)20(27-21(31)16(25)12-15-8-5-4-6-9-15)23(33)28-11-7-10-18(28)22(32)26-17(24(34)35)13-19(29)30/h4-6,8-9,14,16-18,20H,3,7,10-13,25H2,1-2H3,(H,26,32)(H,27,31)(H,29,30)(H,34,35). The van der Waals surface area contributed by atoms with Crippen LogP contribution in [0.1, 0.15) is 45.1 Å². The smallest absolute Gasteiger partial charge is 0.326 e. The second-order valence-electron chi connectivity index (χ2n) is 8.85. The van der Waals surface area contributed by atoms with Crippen LogP contribution in [0.25, 0.3) is 0 Å².